The third-order valence-electron chi connectivity index (χ3n) is 4.50. The molecular formula is C18H27NO2. The van der Waals surface area contributed by atoms with Gasteiger partial charge in [-0.25, -0.2) is 0 Å². The predicted molar refractivity (Wildman–Crippen MR) is 85.1 cm³/mol. The number of hydrogen-bond acceptors (Lipinski definition) is 2. The molecule has 0 heterocycles. The standard InChI is InChI=1S/C18H27NO2/c1-2-14-7-9-15(10-8-14)11-12-18(21)19-13-16-5-3-4-6-17(16)20/h7-10,16-17,20H,2-6,11-13H2,1H3,(H,19,21). The molecule has 0 radical (unpaired) electrons. The largest absolute Gasteiger partial charge is 0.393 e. The summed E-state index contributed by atoms with van der Waals surface area (Å²) in [5.74, 6) is 0.332. The van der Waals surface area contributed by atoms with E-state index in [2.05, 4.69) is 36.5 Å². The molecule has 1 aliphatic carbocycles. The third kappa shape index (κ3) is 5.16. The van der Waals surface area contributed by atoms with Crippen LogP contribution in [0.15, 0.2) is 24.3 Å². The molecule has 0 aliphatic heterocycles. The van der Waals surface area contributed by atoms with Gasteiger partial charge < -0.3 is 10.4 Å². The Labute approximate surface area is 127 Å². The third-order valence-corrected chi connectivity index (χ3v) is 4.50. The summed E-state index contributed by atoms with van der Waals surface area (Å²) < 4.78 is 0. The molecule has 1 fully saturated rings. The minimum atomic E-state index is -0.236. The number of carbonyl (C=O) groups excluding carboxylic acids is 1. The predicted octanol–water partition coefficient (Wildman–Crippen LogP) is 2.85. The molecule has 1 amide bonds. The van der Waals surface area contributed by atoms with E-state index in [4.69, 9.17) is 0 Å². The first-order valence-corrected chi connectivity index (χ1v) is 8.21. The summed E-state index contributed by atoms with van der Waals surface area (Å²) in [6.45, 7) is 2.76. The van der Waals surface area contributed by atoms with E-state index in [1.807, 2.05) is 0 Å². The van der Waals surface area contributed by atoms with Crippen molar-refractivity contribution < 1.29 is 9.90 Å². The topological polar surface area (TPSA) is 49.3 Å². The van der Waals surface area contributed by atoms with Crippen molar-refractivity contribution in [3.05, 3.63) is 35.4 Å². The highest BCUT2D eigenvalue weighted by atomic mass is 16.3. The molecule has 2 rings (SSSR count). The first-order valence-electron chi connectivity index (χ1n) is 8.21. The summed E-state index contributed by atoms with van der Waals surface area (Å²) in [6, 6.07) is 8.48. The maximum absolute atomic E-state index is 11.9. The second-order valence-corrected chi connectivity index (χ2v) is 6.09. The normalized spacial score (nSPS) is 22.0. The zero-order chi connectivity index (χ0) is 15.1. The molecule has 1 aromatic rings. The molecule has 3 nitrogen and oxygen atoms in total. The van der Waals surface area contributed by atoms with Gasteiger partial charge in [-0.15, -0.1) is 0 Å². The molecule has 1 saturated carbocycles. The zero-order valence-electron chi connectivity index (χ0n) is 13.0. The summed E-state index contributed by atoms with van der Waals surface area (Å²) in [6.07, 6.45) is 6.30. The number of aryl methyl sites for hydroxylation is 2. The molecule has 0 spiro atoms. The fraction of sp³-hybridized carbons (Fsp3) is 0.611. The van der Waals surface area contributed by atoms with Crippen LogP contribution in [0.25, 0.3) is 0 Å². The quantitative estimate of drug-likeness (QED) is 0.846. The van der Waals surface area contributed by atoms with Gasteiger partial charge >= 0.3 is 0 Å². The van der Waals surface area contributed by atoms with E-state index in [1.165, 1.54) is 17.5 Å². The maximum Gasteiger partial charge on any atom is 0.220 e. The van der Waals surface area contributed by atoms with Gasteiger partial charge in [-0.1, -0.05) is 44.0 Å². The molecule has 2 N–H and O–H groups in total. The van der Waals surface area contributed by atoms with Gasteiger partial charge in [0.2, 0.25) is 5.91 Å². The molecule has 0 bridgehead atoms. The van der Waals surface area contributed by atoms with Crippen LogP contribution in [0.5, 0.6) is 0 Å². The van der Waals surface area contributed by atoms with Gasteiger partial charge in [0.15, 0.2) is 0 Å². The summed E-state index contributed by atoms with van der Waals surface area (Å²) >= 11 is 0. The molecule has 2 unspecified atom stereocenters. The number of amides is 1. The summed E-state index contributed by atoms with van der Waals surface area (Å²) in [7, 11) is 0. The number of benzene rings is 1. The van der Waals surface area contributed by atoms with Crippen molar-refractivity contribution in [3.8, 4) is 0 Å². The van der Waals surface area contributed by atoms with Crippen LogP contribution in [0.2, 0.25) is 0 Å². The molecule has 2 atom stereocenters. The maximum atomic E-state index is 11.9. The van der Waals surface area contributed by atoms with Gasteiger partial charge in [0.05, 0.1) is 6.10 Å². The highest BCUT2D eigenvalue weighted by molar-refractivity contribution is 5.76. The Balaban J connectivity index is 1.69. The van der Waals surface area contributed by atoms with E-state index in [9.17, 15) is 9.90 Å². The van der Waals surface area contributed by atoms with E-state index in [1.54, 1.807) is 0 Å². The summed E-state index contributed by atoms with van der Waals surface area (Å²) in [5, 5.41) is 12.9. The van der Waals surface area contributed by atoms with Crippen molar-refractivity contribution >= 4 is 5.91 Å². The lowest BCUT2D eigenvalue weighted by atomic mass is 9.86. The van der Waals surface area contributed by atoms with E-state index < -0.39 is 0 Å². The Hall–Kier alpha value is -1.35. The Kier molecular flexibility index (Phi) is 6.24. The first kappa shape index (κ1) is 16.0. The van der Waals surface area contributed by atoms with Gasteiger partial charge in [0.25, 0.3) is 0 Å². The molecule has 0 aromatic heterocycles. The molecule has 3 heteroatoms. The van der Waals surface area contributed by atoms with Gasteiger partial charge in [0.1, 0.15) is 0 Å². The van der Waals surface area contributed by atoms with Crippen LogP contribution < -0.4 is 5.32 Å². The van der Waals surface area contributed by atoms with E-state index in [0.29, 0.717) is 13.0 Å². The zero-order valence-corrected chi connectivity index (χ0v) is 13.0. The van der Waals surface area contributed by atoms with Crippen molar-refractivity contribution in [2.75, 3.05) is 6.54 Å². The number of rotatable bonds is 6. The van der Waals surface area contributed by atoms with Crippen molar-refractivity contribution in [1.29, 1.82) is 0 Å². The average Bonchev–Trinajstić information content (AvgIpc) is 2.52. The number of hydrogen-bond donors (Lipinski definition) is 2. The number of nitrogens with one attached hydrogen (secondary N) is 1. The Morgan fingerprint density at radius 3 is 2.52 bits per heavy atom. The fourth-order valence-corrected chi connectivity index (χ4v) is 2.96. The highest BCUT2D eigenvalue weighted by Gasteiger charge is 2.23. The van der Waals surface area contributed by atoms with Crippen LogP contribution in [-0.2, 0) is 17.6 Å². The van der Waals surface area contributed by atoms with Gasteiger partial charge in [-0.3, -0.25) is 4.79 Å². The number of aliphatic hydroxyl groups excluding tert-OH is 1. The van der Waals surface area contributed by atoms with E-state index >= 15 is 0 Å². The Bertz CT molecular complexity index is 441. The smallest absolute Gasteiger partial charge is 0.220 e. The summed E-state index contributed by atoms with van der Waals surface area (Å²) in [5.41, 5.74) is 2.54. The fourth-order valence-electron chi connectivity index (χ4n) is 2.96. The molecular weight excluding hydrogens is 262 g/mol. The van der Waals surface area contributed by atoms with Gasteiger partial charge in [-0.2, -0.15) is 0 Å². The highest BCUT2D eigenvalue weighted by Crippen LogP contribution is 2.23. The lowest BCUT2D eigenvalue weighted by Crippen LogP contribution is -2.36. The Morgan fingerprint density at radius 1 is 1.19 bits per heavy atom. The minimum Gasteiger partial charge on any atom is -0.393 e. The first-order chi connectivity index (χ1) is 10.2. The second kappa shape index (κ2) is 8.18. The van der Waals surface area contributed by atoms with Gasteiger partial charge in [-0.05, 0) is 36.8 Å². The van der Waals surface area contributed by atoms with Crippen LogP contribution in [0.4, 0.5) is 0 Å². The monoisotopic (exact) mass is 289 g/mol. The van der Waals surface area contributed by atoms with Crippen LogP contribution in [0.3, 0.4) is 0 Å². The molecule has 0 saturated heterocycles. The number of carbonyl (C=O) groups is 1. The minimum absolute atomic E-state index is 0.0901. The summed E-state index contributed by atoms with van der Waals surface area (Å²) in [4.78, 5) is 11.9. The van der Waals surface area contributed by atoms with Gasteiger partial charge in [0, 0.05) is 18.9 Å². The van der Waals surface area contributed by atoms with Crippen LogP contribution in [0.1, 0.15) is 50.2 Å². The molecule has 1 aliphatic rings. The van der Waals surface area contributed by atoms with E-state index in [0.717, 1.165) is 32.1 Å². The molecule has 1 aromatic carbocycles. The Morgan fingerprint density at radius 2 is 1.86 bits per heavy atom. The second-order valence-electron chi connectivity index (χ2n) is 6.09. The molecule has 116 valence electrons. The SMILES string of the molecule is CCc1ccc(CCC(=O)NCC2CCCCC2O)cc1. The van der Waals surface area contributed by atoms with Crippen LogP contribution in [-0.4, -0.2) is 23.7 Å². The van der Waals surface area contributed by atoms with Crippen molar-refractivity contribution in [1.82, 2.24) is 5.32 Å². The van der Waals surface area contributed by atoms with Crippen molar-refractivity contribution in [2.45, 2.75) is 58.0 Å². The van der Waals surface area contributed by atoms with Crippen LogP contribution >= 0.6 is 0 Å². The molecule has 21 heavy (non-hydrogen) atoms. The number of aliphatic hydroxyl groups is 1. The lowest BCUT2D eigenvalue weighted by Gasteiger charge is -2.27. The van der Waals surface area contributed by atoms with Crippen LogP contribution in [0, 0.1) is 5.92 Å². The van der Waals surface area contributed by atoms with E-state index in [-0.39, 0.29) is 17.9 Å². The average molecular weight is 289 g/mol. The lowest BCUT2D eigenvalue weighted by molar-refractivity contribution is -0.121. The van der Waals surface area contributed by atoms with Crippen molar-refractivity contribution in [3.63, 3.8) is 0 Å². The van der Waals surface area contributed by atoms with Crippen molar-refractivity contribution in [2.24, 2.45) is 5.92 Å².